The monoisotopic (exact) mass is 383 g/mol. The molecule has 2 N–H and O–H groups in total. The van der Waals surface area contributed by atoms with Gasteiger partial charge in [-0.1, -0.05) is 18.0 Å². The van der Waals surface area contributed by atoms with Crippen LogP contribution in [-0.4, -0.2) is 32.7 Å². The predicted molar refractivity (Wildman–Crippen MR) is 100 cm³/mol. The standard InChI is InChI=1S/C20H21N3O5/c1-10-8-13(12(3)27-10)15-9-14(16-11(2)23-28-18(16)21-15)17(24)22-20(19(25)26)6-4-5-7-20/h8-9H,4-7H2,1-3H3,(H,22,24)(H,25,26). The first-order valence-corrected chi connectivity index (χ1v) is 9.21. The van der Waals surface area contributed by atoms with Crippen LogP contribution in [0.2, 0.25) is 0 Å². The van der Waals surface area contributed by atoms with E-state index in [2.05, 4.69) is 15.5 Å². The highest BCUT2D eigenvalue weighted by Gasteiger charge is 2.43. The number of aromatic nitrogens is 2. The Balaban J connectivity index is 1.83. The van der Waals surface area contributed by atoms with Gasteiger partial charge < -0.3 is 19.4 Å². The number of rotatable bonds is 4. The van der Waals surface area contributed by atoms with Crippen LogP contribution in [0.5, 0.6) is 0 Å². The largest absolute Gasteiger partial charge is 0.480 e. The minimum Gasteiger partial charge on any atom is -0.480 e. The van der Waals surface area contributed by atoms with Crippen LogP contribution in [0.25, 0.3) is 22.4 Å². The molecule has 8 heteroatoms. The maximum Gasteiger partial charge on any atom is 0.329 e. The molecule has 0 spiro atoms. The Morgan fingerprint density at radius 3 is 2.50 bits per heavy atom. The van der Waals surface area contributed by atoms with Gasteiger partial charge >= 0.3 is 5.97 Å². The molecule has 0 unspecified atom stereocenters. The maximum atomic E-state index is 13.2. The third kappa shape index (κ3) is 2.85. The number of carboxylic acids is 1. The Bertz CT molecular complexity index is 1090. The highest BCUT2D eigenvalue weighted by molar-refractivity contribution is 6.08. The second-order valence-corrected chi connectivity index (χ2v) is 7.38. The van der Waals surface area contributed by atoms with Gasteiger partial charge in [0.05, 0.1) is 22.3 Å². The van der Waals surface area contributed by atoms with Crippen molar-refractivity contribution in [1.29, 1.82) is 0 Å². The molecule has 1 aliphatic rings. The zero-order valence-electron chi connectivity index (χ0n) is 16.0. The number of nitrogens with zero attached hydrogens (tertiary/aromatic N) is 2. The molecule has 0 saturated heterocycles. The predicted octanol–water partition coefficient (Wildman–Crippen LogP) is 3.54. The van der Waals surface area contributed by atoms with E-state index in [-0.39, 0.29) is 5.71 Å². The zero-order valence-corrected chi connectivity index (χ0v) is 16.0. The van der Waals surface area contributed by atoms with Crippen molar-refractivity contribution in [1.82, 2.24) is 15.5 Å². The summed E-state index contributed by atoms with van der Waals surface area (Å²) in [4.78, 5) is 29.5. The van der Waals surface area contributed by atoms with Crippen LogP contribution in [0.4, 0.5) is 0 Å². The number of carboxylic acid groups (broad SMARTS) is 1. The number of carbonyl (C=O) groups is 2. The quantitative estimate of drug-likeness (QED) is 0.707. The van der Waals surface area contributed by atoms with Gasteiger partial charge in [-0.25, -0.2) is 9.78 Å². The summed E-state index contributed by atoms with van der Waals surface area (Å²) in [5, 5.41) is 16.9. The van der Waals surface area contributed by atoms with E-state index in [0.717, 1.165) is 24.2 Å². The first kappa shape index (κ1) is 18.2. The number of aliphatic carboxylic acids is 1. The molecule has 3 heterocycles. The third-order valence-corrected chi connectivity index (χ3v) is 5.40. The molecule has 146 valence electrons. The summed E-state index contributed by atoms with van der Waals surface area (Å²) in [6.07, 6.45) is 2.36. The lowest BCUT2D eigenvalue weighted by Gasteiger charge is -2.25. The summed E-state index contributed by atoms with van der Waals surface area (Å²) in [5.74, 6) is -0.0796. The molecule has 8 nitrogen and oxygen atoms in total. The Hall–Kier alpha value is -3.16. The van der Waals surface area contributed by atoms with Gasteiger partial charge in [-0.05, 0) is 45.7 Å². The van der Waals surface area contributed by atoms with Gasteiger partial charge in [-0.3, -0.25) is 4.79 Å². The van der Waals surface area contributed by atoms with Crippen molar-refractivity contribution in [2.24, 2.45) is 0 Å². The molecule has 0 bridgehead atoms. The van der Waals surface area contributed by atoms with Gasteiger partial charge in [-0.15, -0.1) is 0 Å². The Kier molecular flexibility index (Phi) is 4.21. The topological polar surface area (TPSA) is 118 Å². The number of nitrogens with one attached hydrogen (secondary N) is 1. The molecular formula is C20H21N3O5. The summed E-state index contributed by atoms with van der Waals surface area (Å²) in [7, 11) is 0. The molecule has 0 aliphatic heterocycles. The van der Waals surface area contributed by atoms with Crippen LogP contribution in [0.1, 0.15) is 53.3 Å². The molecule has 3 aromatic rings. The van der Waals surface area contributed by atoms with Crippen molar-refractivity contribution < 1.29 is 23.6 Å². The highest BCUT2D eigenvalue weighted by Crippen LogP contribution is 2.33. The number of hydrogen-bond acceptors (Lipinski definition) is 6. The first-order chi connectivity index (χ1) is 13.3. The van der Waals surface area contributed by atoms with E-state index in [4.69, 9.17) is 8.94 Å². The molecular weight excluding hydrogens is 362 g/mol. The third-order valence-electron chi connectivity index (χ3n) is 5.40. The minimum atomic E-state index is -1.24. The van der Waals surface area contributed by atoms with Crippen LogP contribution in [0.15, 0.2) is 21.1 Å². The van der Waals surface area contributed by atoms with Crippen molar-refractivity contribution in [3.8, 4) is 11.3 Å². The van der Waals surface area contributed by atoms with Gasteiger partial charge in [0.2, 0.25) is 0 Å². The van der Waals surface area contributed by atoms with E-state index in [0.29, 0.717) is 40.9 Å². The number of hydrogen-bond donors (Lipinski definition) is 2. The van der Waals surface area contributed by atoms with Crippen molar-refractivity contribution in [2.75, 3.05) is 0 Å². The van der Waals surface area contributed by atoms with E-state index >= 15 is 0 Å². The molecule has 1 amide bonds. The van der Waals surface area contributed by atoms with Gasteiger partial charge in [-0.2, -0.15) is 0 Å². The van der Waals surface area contributed by atoms with Gasteiger partial charge in [0.1, 0.15) is 17.1 Å². The molecule has 1 fully saturated rings. The summed E-state index contributed by atoms with van der Waals surface area (Å²) in [5.41, 5.74) is 1.07. The molecule has 0 radical (unpaired) electrons. The number of pyridine rings is 1. The lowest BCUT2D eigenvalue weighted by Crippen LogP contribution is -2.52. The number of aryl methyl sites for hydroxylation is 3. The van der Waals surface area contributed by atoms with E-state index in [9.17, 15) is 14.7 Å². The van der Waals surface area contributed by atoms with Crippen LogP contribution >= 0.6 is 0 Å². The fourth-order valence-electron chi connectivity index (χ4n) is 3.95. The van der Waals surface area contributed by atoms with Crippen molar-refractivity contribution in [3.05, 3.63) is 34.9 Å². The number of amides is 1. The summed E-state index contributed by atoms with van der Waals surface area (Å²) in [6, 6.07) is 3.48. The van der Waals surface area contributed by atoms with E-state index in [1.54, 1.807) is 13.0 Å². The maximum absolute atomic E-state index is 13.2. The smallest absolute Gasteiger partial charge is 0.329 e. The van der Waals surface area contributed by atoms with Crippen molar-refractivity contribution >= 4 is 23.0 Å². The lowest BCUT2D eigenvalue weighted by molar-refractivity contribution is -0.144. The van der Waals surface area contributed by atoms with Gasteiger partial charge in [0.25, 0.3) is 11.6 Å². The van der Waals surface area contributed by atoms with Gasteiger partial charge in [0.15, 0.2) is 0 Å². The summed E-state index contributed by atoms with van der Waals surface area (Å²) in [6.45, 7) is 5.37. The van der Waals surface area contributed by atoms with Crippen molar-refractivity contribution in [2.45, 2.75) is 52.0 Å². The molecule has 1 saturated carbocycles. The molecule has 0 aromatic carbocycles. The van der Waals surface area contributed by atoms with E-state index in [1.165, 1.54) is 0 Å². The molecule has 3 aromatic heterocycles. The Morgan fingerprint density at radius 1 is 1.18 bits per heavy atom. The summed E-state index contributed by atoms with van der Waals surface area (Å²) >= 11 is 0. The second kappa shape index (κ2) is 6.47. The second-order valence-electron chi connectivity index (χ2n) is 7.38. The van der Waals surface area contributed by atoms with Crippen LogP contribution in [-0.2, 0) is 4.79 Å². The summed E-state index contributed by atoms with van der Waals surface area (Å²) < 4.78 is 10.9. The molecule has 28 heavy (non-hydrogen) atoms. The first-order valence-electron chi connectivity index (χ1n) is 9.21. The molecule has 1 aliphatic carbocycles. The minimum absolute atomic E-state index is 0.231. The molecule has 4 rings (SSSR count). The zero-order chi connectivity index (χ0) is 20.1. The fourth-order valence-corrected chi connectivity index (χ4v) is 3.95. The Morgan fingerprint density at radius 2 is 1.89 bits per heavy atom. The average molecular weight is 383 g/mol. The number of carbonyl (C=O) groups excluding carboxylic acids is 1. The van der Waals surface area contributed by atoms with Crippen LogP contribution in [0.3, 0.4) is 0 Å². The Labute approximate surface area is 160 Å². The average Bonchev–Trinajstić information content (AvgIpc) is 3.34. The van der Waals surface area contributed by atoms with E-state index < -0.39 is 17.4 Å². The van der Waals surface area contributed by atoms with Crippen LogP contribution in [0, 0.1) is 20.8 Å². The fraction of sp³-hybridized carbons (Fsp3) is 0.400. The van der Waals surface area contributed by atoms with E-state index in [1.807, 2.05) is 19.9 Å². The highest BCUT2D eigenvalue weighted by atomic mass is 16.5. The lowest BCUT2D eigenvalue weighted by atomic mass is 9.96. The number of fused-ring (bicyclic) bond motifs is 1. The van der Waals surface area contributed by atoms with Crippen LogP contribution < -0.4 is 5.32 Å². The van der Waals surface area contributed by atoms with Gasteiger partial charge in [0, 0.05) is 5.56 Å². The SMILES string of the molecule is Cc1cc(-c2cc(C(=O)NC3(C(=O)O)CCCC3)c3c(C)noc3n2)c(C)o1. The normalized spacial score (nSPS) is 15.8. The number of furan rings is 1. The molecule has 0 atom stereocenters. The van der Waals surface area contributed by atoms with Crippen molar-refractivity contribution in [3.63, 3.8) is 0 Å².